The first-order valence-electron chi connectivity index (χ1n) is 8.64. The normalized spacial score (nSPS) is 16.4. The largest absolute Gasteiger partial charge is 0.453 e. The molecule has 0 spiro atoms. The van der Waals surface area contributed by atoms with E-state index in [4.69, 9.17) is 4.74 Å². The summed E-state index contributed by atoms with van der Waals surface area (Å²) in [7, 11) is 3.21. The van der Waals surface area contributed by atoms with Gasteiger partial charge < -0.3 is 20.3 Å². The fraction of sp³-hybridized carbons (Fsp3) is 0.556. The number of nitrogens with one attached hydrogen (secondary N) is 2. The van der Waals surface area contributed by atoms with E-state index in [1.165, 1.54) is 12.0 Å². The SMILES string of the molecule is CN=C(NCC(C)Sc1ccccc1)NC1CCN(C(=O)OC)CC1.I. The molecule has 26 heavy (non-hydrogen) atoms. The molecule has 1 heterocycles. The van der Waals surface area contributed by atoms with Crippen LogP contribution in [0.3, 0.4) is 0 Å². The number of halogens is 1. The summed E-state index contributed by atoms with van der Waals surface area (Å²) in [6, 6.07) is 10.7. The third kappa shape index (κ3) is 7.61. The van der Waals surface area contributed by atoms with Crippen LogP contribution in [0.4, 0.5) is 4.79 Å². The Morgan fingerprint density at radius 1 is 1.35 bits per heavy atom. The van der Waals surface area contributed by atoms with Crippen LogP contribution >= 0.6 is 35.7 Å². The van der Waals surface area contributed by atoms with Gasteiger partial charge in [0.15, 0.2) is 5.96 Å². The van der Waals surface area contributed by atoms with Crippen molar-refractivity contribution in [1.82, 2.24) is 15.5 Å². The van der Waals surface area contributed by atoms with Crippen molar-refractivity contribution in [3.63, 3.8) is 0 Å². The summed E-state index contributed by atoms with van der Waals surface area (Å²) in [5.74, 6) is 0.817. The van der Waals surface area contributed by atoms with Crippen molar-refractivity contribution in [3.8, 4) is 0 Å². The number of ether oxygens (including phenoxy) is 1. The number of carbonyl (C=O) groups excluding carboxylic acids is 1. The zero-order valence-electron chi connectivity index (χ0n) is 15.6. The van der Waals surface area contributed by atoms with Crippen LogP contribution in [-0.4, -0.2) is 62.0 Å². The van der Waals surface area contributed by atoms with E-state index in [2.05, 4.69) is 46.8 Å². The van der Waals surface area contributed by atoms with E-state index < -0.39 is 0 Å². The summed E-state index contributed by atoms with van der Waals surface area (Å²) in [6.07, 6.45) is 1.54. The number of likely N-dealkylation sites (tertiary alicyclic amines) is 1. The number of methoxy groups -OCH3 is 1. The minimum Gasteiger partial charge on any atom is -0.453 e. The number of hydrogen-bond acceptors (Lipinski definition) is 4. The van der Waals surface area contributed by atoms with Crippen LogP contribution < -0.4 is 10.6 Å². The highest BCUT2D eigenvalue weighted by Gasteiger charge is 2.23. The van der Waals surface area contributed by atoms with Gasteiger partial charge in [-0.1, -0.05) is 25.1 Å². The van der Waals surface area contributed by atoms with E-state index in [0.717, 1.165) is 25.3 Å². The van der Waals surface area contributed by atoms with Crippen molar-refractivity contribution in [2.45, 2.75) is 36.0 Å². The number of guanidine groups is 1. The van der Waals surface area contributed by atoms with Crippen molar-refractivity contribution >= 4 is 47.8 Å². The van der Waals surface area contributed by atoms with Gasteiger partial charge in [0.25, 0.3) is 0 Å². The first kappa shape index (κ1) is 22.9. The molecule has 0 aromatic heterocycles. The molecule has 1 aliphatic heterocycles. The van der Waals surface area contributed by atoms with E-state index in [1.54, 1.807) is 11.9 Å². The van der Waals surface area contributed by atoms with Crippen LogP contribution in [0.15, 0.2) is 40.2 Å². The van der Waals surface area contributed by atoms with Gasteiger partial charge in [-0.15, -0.1) is 35.7 Å². The molecule has 1 saturated heterocycles. The number of amides is 1. The number of hydrogen-bond donors (Lipinski definition) is 2. The average molecular weight is 492 g/mol. The second kappa shape index (κ2) is 12.3. The van der Waals surface area contributed by atoms with Crippen molar-refractivity contribution in [1.29, 1.82) is 0 Å². The lowest BCUT2D eigenvalue weighted by atomic mass is 10.1. The van der Waals surface area contributed by atoms with Crippen LogP contribution in [-0.2, 0) is 4.74 Å². The Labute approximate surface area is 177 Å². The van der Waals surface area contributed by atoms with Gasteiger partial charge >= 0.3 is 6.09 Å². The average Bonchev–Trinajstić information content (AvgIpc) is 2.65. The fourth-order valence-electron chi connectivity index (χ4n) is 2.74. The summed E-state index contributed by atoms with van der Waals surface area (Å²) in [4.78, 5) is 18.9. The van der Waals surface area contributed by atoms with Crippen LogP contribution in [0.5, 0.6) is 0 Å². The summed E-state index contributed by atoms with van der Waals surface area (Å²) in [6.45, 7) is 4.45. The lowest BCUT2D eigenvalue weighted by Crippen LogP contribution is -2.50. The monoisotopic (exact) mass is 492 g/mol. The second-order valence-electron chi connectivity index (χ2n) is 6.07. The molecule has 1 aliphatic rings. The predicted octanol–water partition coefficient (Wildman–Crippen LogP) is 3.18. The van der Waals surface area contributed by atoms with E-state index in [-0.39, 0.29) is 30.1 Å². The molecule has 8 heteroatoms. The molecule has 1 unspecified atom stereocenters. The number of rotatable bonds is 5. The van der Waals surface area contributed by atoms with Crippen LogP contribution in [0.1, 0.15) is 19.8 Å². The van der Waals surface area contributed by atoms with E-state index >= 15 is 0 Å². The molecule has 6 nitrogen and oxygen atoms in total. The molecule has 2 rings (SSSR count). The molecule has 1 aromatic rings. The molecular formula is C18H29IN4O2S. The van der Waals surface area contributed by atoms with E-state index in [9.17, 15) is 4.79 Å². The first-order valence-corrected chi connectivity index (χ1v) is 9.52. The number of carbonyl (C=O) groups is 1. The van der Waals surface area contributed by atoms with Gasteiger partial charge in [0.05, 0.1) is 7.11 Å². The maximum Gasteiger partial charge on any atom is 0.409 e. The Bertz CT molecular complexity index is 566. The van der Waals surface area contributed by atoms with E-state index in [0.29, 0.717) is 24.4 Å². The second-order valence-corrected chi connectivity index (χ2v) is 7.58. The molecule has 146 valence electrons. The van der Waals surface area contributed by atoms with Gasteiger partial charge in [0, 0.05) is 42.9 Å². The summed E-state index contributed by atoms with van der Waals surface area (Å²) in [5, 5.41) is 7.28. The van der Waals surface area contributed by atoms with Gasteiger partial charge in [-0.2, -0.15) is 0 Å². The number of thioether (sulfide) groups is 1. The maximum absolute atomic E-state index is 11.5. The molecule has 1 amide bonds. The lowest BCUT2D eigenvalue weighted by Gasteiger charge is -2.32. The van der Waals surface area contributed by atoms with Gasteiger partial charge in [-0.3, -0.25) is 4.99 Å². The van der Waals surface area contributed by atoms with Crippen molar-refractivity contribution in [2.75, 3.05) is 33.8 Å². The van der Waals surface area contributed by atoms with Gasteiger partial charge in [0.2, 0.25) is 0 Å². The highest BCUT2D eigenvalue weighted by Crippen LogP contribution is 2.21. The Kier molecular flexibility index (Phi) is 10.8. The molecule has 2 N–H and O–H groups in total. The number of piperidine rings is 1. The quantitative estimate of drug-likeness (QED) is 0.286. The van der Waals surface area contributed by atoms with Crippen LogP contribution in [0.2, 0.25) is 0 Å². The molecule has 1 atom stereocenters. The zero-order valence-corrected chi connectivity index (χ0v) is 18.8. The minimum atomic E-state index is -0.243. The highest BCUT2D eigenvalue weighted by molar-refractivity contribution is 14.0. The van der Waals surface area contributed by atoms with Crippen LogP contribution in [0, 0.1) is 0 Å². The Morgan fingerprint density at radius 3 is 2.58 bits per heavy atom. The predicted molar refractivity (Wildman–Crippen MR) is 119 cm³/mol. The van der Waals surface area contributed by atoms with Crippen LogP contribution in [0.25, 0.3) is 0 Å². The van der Waals surface area contributed by atoms with Crippen molar-refractivity contribution in [2.24, 2.45) is 4.99 Å². The Morgan fingerprint density at radius 2 is 2.00 bits per heavy atom. The summed E-state index contributed by atoms with van der Waals surface area (Å²) < 4.78 is 4.77. The minimum absolute atomic E-state index is 0. The lowest BCUT2D eigenvalue weighted by molar-refractivity contribution is 0.111. The third-order valence-electron chi connectivity index (χ3n) is 4.13. The molecule has 0 aliphatic carbocycles. The van der Waals surface area contributed by atoms with Crippen molar-refractivity contribution < 1.29 is 9.53 Å². The van der Waals surface area contributed by atoms with Crippen molar-refractivity contribution in [3.05, 3.63) is 30.3 Å². The molecule has 1 aromatic carbocycles. The number of aliphatic imine (C=N–C) groups is 1. The smallest absolute Gasteiger partial charge is 0.409 e. The van der Waals surface area contributed by atoms with E-state index in [1.807, 2.05) is 17.8 Å². The van der Waals surface area contributed by atoms with Gasteiger partial charge in [0.1, 0.15) is 0 Å². The highest BCUT2D eigenvalue weighted by atomic mass is 127. The number of nitrogens with zero attached hydrogens (tertiary/aromatic N) is 2. The standard InChI is InChI=1S/C18H28N4O2S.HI/c1-14(25-16-7-5-4-6-8-16)13-20-17(19-2)21-15-9-11-22(12-10-15)18(23)24-3;/h4-8,14-15H,9-13H2,1-3H3,(H2,19,20,21);1H. The summed E-state index contributed by atoms with van der Waals surface area (Å²) in [5.41, 5.74) is 0. The number of benzene rings is 1. The van der Waals surface area contributed by atoms with Gasteiger partial charge in [-0.25, -0.2) is 4.79 Å². The topological polar surface area (TPSA) is 66.0 Å². The Balaban J connectivity index is 0.00000338. The zero-order chi connectivity index (χ0) is 18.1. The molecule has 0 bridgehead atoms. The fourth-order valence-corrected chi connectivity index (χ4v) is 3.68. The third-order valence-corrected chi connectivity index (χ3v) is 5.24. The molecule has 1 fully saturated rings. The Hall–Kier alpha value is -1.16. The summed E-state index contributed by atoms with van der Waals surface area (Å²) >= 11 is 1.84. The molecule has 0 radical (unpaired) electrons. The molecule has 0 saturated carbocycles. The maximum atomic E-state index is 11.5. The van der Waals surface area contributed by atoms with Gasteiger partial charge in [-0.05, 0) is 25.0 Å². The first-order chi connectivity index (χ1) is 12.1. The molecular weight excluding hydrogens is 463 g/mol.